The van der Waals surface area contributed by atoms with E-state index in [1.54, 1.807) is 0 Å². The first-order valence-corrected chi connectivity index (χ1v) is 7.96. The summed E-state index contributed by atoms with van der Waals surface area (Å²) in [6, 6.07) is 5.64. The average Bonchev–Trinajstić information content (AvgIpc) is 2.15. The molecule has 17 heavy (non-hydrogen) atoms. The molecule has 8 heteroatoms. The highest BCUT2D eigenvalue weighted by molar-refractivity contribution is 7.92. The van der Waals surface area contributed by atoms with Gasteiger partial charge in [-0.3, -0.25) is 4.72 Å². The molecule has 0 aliphatic carbocycles. The van der Waals surface area contributed by atoms with E-state index in [1.807, 2.05) is 0 Å². The van der Waals surface area contributed by atoms with E-state index in [4.69, 9.17) is 0 Å². The number of hydrogen-bond acceptors (Lipinski definition) is 4. The van der Waals surface area contributed by atoms with E-state index in [0.717, 1.165) is 10.6 Å². The molecule has 1 rings (SSSR count). The van der Waals surface area contributed by atoms with Crippen LogP contribution in [0.2, 0.25) is 0 Å². The standard InChI is InChI=1S/C9H14N2O4S2/c1-11(2)17(14,15)9-6-4-5-8(7-9)10-16(3,12)13/h4-7,10H,1-3H3. The molecule has 0 saturated carbocycles. The van der Waals surface area contributed by atoms with Crippen LogP contribution in [0.25, 0.3) is 0 Å². The molecule has 0 heterocycles. The van der Waals surface area contributed by atoms with Crippen LogP contribution in [-0.2, 0) is 20.0 Å². The normalized spacial score (nSPS) is 12.7. The average molecular weight is 278 g/mol. The van der Waals surface area contributed by atoms with E-state index in [-0.39, 0.29) is 10.6 Å². The molecule has 0 saturated heterocycles. The number of sulfonamides is 2. The van der Waals surface area contributed by atoms with Crippen LogP contribution in [0.4, 0.5) is 5.69 Å². The van der Waals surface area contributed by atoms with E-state index in [0.29, 0.717) is 0 Å². The third kappa shape index (κ3) is 3.69. The molecule has 0 radical (unpaired) electrons. The van der Waals surface area contributed by atoms with Crippen LogP contribution < -0.4 is 4.72 Å². The summed E-state index contributed by atoms with van der Waals surface area (Å²) < 4.78 is 48.9. The van der Waals surface area contributed by atoms with E-state index < -0.39 is 20.0 Å². The summed E-state index contributed by atoms with van der Waals surface area (Å²) in [4.78, 5) is 0.0381. The molecule has 6 nitrogen and oxygen atoms in total. The maximum Gasteiger partial charge on any atom is 0.242 e. The molecule has 0 amide bonds. The van der Waals surface area contributed by atoms with Crippen molar-refractivity contribution in [2.75, 3.05) is 25.1 Å². The van der Waals surface area contributed by atoms with Gasteiger partial charge >= 0.3 is 0 Å². The monoisotopic (exact) mass is 278 g/mol. The lowest BCUT2D eigenvalue weighted by Gasteiger charge is -2.12. The lowest BCUT2D eigenvalue weighted by atomic mass is 10.3. The van der Waals surface area contributed by atoms with Gasteiger partial charge in [-0.25, -0.2) is 21.1 Å². The first kappa shape index (κ1) is 13.9. The number of rotatable bonds is 4. The van der Waals surface area contributed by atoms with Crippen molar-refractivity contribution in [3.05, 3.63) is 24.3 Å². The van der Waals surface area contributed by atoms with Crippen LogP contribution in [-0.4, -0.2) is 41.5 Å². The summed E-state index contributed by atoms with van der Waals surface area (Å²) in [5, 5.41) is 0. The van der Waals surface area contributed by atoms with Crippen LogP contribution >= 0.6 is 0 Å². The van der Waals surface area contributed by atoms with Crippen molar-refractivity contribution >= 4 is 25.7 Å². The molecule has 1 N–H and O–H groups in total. The Balaban J connectivity index is 3.20. The fourth-order valence-corrected chi connectivity index (χ4v) is 2.65. The maximum absolute atomic E-state index is 11.8. The van der Waals surface area contributed by atoms with Gasteiger partial charge in [-0.05, 0) is 18.2 Å². The highest BCUT2D eigenvalue weighted by Gasteiger charge is 2.17. The minimum Gasteiger partial charge on any atom is -0.284 e. The number of hydrogen-bond donors (Lipinski definition) is 1. The Bertz CT molecular complexity index is 606. The van der Waals surface area contributed by atoms with Crippen LogP contribution in [0, 0.1) is 0 Å². The highest BCUT2D eigenvalue weighted by Crippen LogP contribution is 2.18. The lowest BCUT2D eigenvalue weighted by Crippen LogP contribution is -2.22. The van der Waals surface area contributed by atoms with E-state index in [2.05, 4.69) is 4.72 Å². The predicted molar refractivity (Wildman–Crippen MR) is 65.8 cm³/mol. The fraction of sp³-hybridized carbons (Fsp3) is 0.333. The predicted octanol–water partition coefficient (Wildman–Crippen LogP) is 0.308. The number of anilines is 1. The third-order valence-electron chi connectivity index (χ3n) is 1.92. The molecule has 96 valence electrons. The molecule has 0 bridgehead atoms. The second kappa shape index (κ2) is 4.63. The van der Waals surface area contributed by atoms with Gasteiger partial charge in [-0.15, -0.1) is 0 Å². The molecular formula is C9H14N2O4S2. The Hall–Kier alpha value is -1.12. The van der Waals surface area contributed by atoms with Gasteiger partial charge in [0.25, 0.3) is 0 Å². The summed E-state index contributed by atoms with van der Waals surface area (Å²) in [5.41, 5.74) is 0.218. The SMILES string of the molecule is CN(C)S(=O)(=O)c1cccc(NS(C)(=O)=O)c1. The molecule has 0 aliphatic heterocycles. The van der Waals surface area contributed by atoms with Gasteiger partial charge in [-0.1, -0.05) is 6.07 Å². The van der Waals surface area contributed by atoms with Crippen molar-refractivity contribution in [1.29, 1.82) is 0 Å². The number of benzene rings is 1. The van der Waals surface area contributed by atoms with Crippen LogP contribution in [0.5, 0.6) is 0 Å². The van der Waals surface area contributed by atoms with Gasteiger partial charge in [0.15, 0.2) is 0 Å². The number of nitrogens with zero attached hydrogens (tertiary/aromatic N) is 1. The van der Waals surface area contributed by atoms with Gasteiger partial charge in [0.05, 0.1) is 11.2 Å². The Morgan fingerprint density at radius 3 is 2.18 bits per heavy atom. The second-order valence-corrected chi connectivity index (χ2v) is 7.59. The van der Waals surface area contributed by atoms with Gasteiger partial charge in [0.1, 0.15) is 0 Å². The minimum absolute atomic E-state index is 0.0381. The molecule has 0 aromatic heterocycles. The molecule has 0 fully saturated rings. The molecule has 0 unspecified atom stereocenters. The summed E-state index contributed by atoms with van der Waals surface area (Å²) in [6.07, 6.45) is 1.00. The third-order valence-corrected chi connectivity index (χ3v) is 4.33. The fourth-order valence-electron chi connectivity index (χ4n) is 1.14. The van der Waals surface area contributed by atoms with E-state index >= 15 is 0 Å². The first-order chi connectivity index (χ1) is 7.63. The molecule has 1 aromatic carbocycles. The van der Waals surface area contributed by atoms with Gasteiger partial charge < -0.3 is 0 Å². The van der Waals surface area contributed by atoms with Gasteiger partial charge in [0, 0.05) is 19.8 Å². The van der Waals surface area contributed by atoms with Crippen molar-refractivity contribution in [1.82, 2.24) is 4.31 Å². The molecular weight excluding hydrogens is 264 g/mol. The Kier molecular flexibility index (Phi) is 3.80. The highest BCUT2D eigenvalue weighted by atomic mass is 32.2. The molecule has 1 aromatic rings. The smallest absolute Gasteiger partial charge is 0.242 e. The zero-order valence-corrected chi connectivity index (χ0v) is 11.3. The topological polar surface area (TPSA) is 83.6 Å². The van der Waals surface area contributed by atoms with Crippen molar-refractivity contribution in [2.24, 2.45) is 0 Å². The van der Waals surface area contributed by atoms with Crippen LogP contribution in [0.3, 0.4) is 0 Å². The van der Waals surface area contributed by atoms with E-state index in [9.17, 15) is 16.8 Å². The van der Waals surface area contributed by atoms with E-state index in [1.165, 1.54) is 38.4 Å². The first-order valence-electron chi connectivity index (χ1n) is 4.63. The molecule has 0 atom stereocenters. The van der Waals surface area contributed by atoms with Gasteiger partial charge in [-0.2, -0.15) is 0 Å². The van der Waals surface area contributed by atoms with Crippen molar-refractivity contribution in [3.63, 3.8) is 0 Å². The molecule has 0 aliphatic rings. The number of nitrogens with one attached hydrogen (secondary N) is 1. The molecule has 0 spiro atoms. The lowest BCUT2D eigenvalue weighted by molar-refractivity contribution is 0.521. The summed E-state index contributed by atoms with van der Waals surface area (Å²) in [5.74, 6) is 0. The van der Waals surface area contributed by atoms with Crippen LogP contribution in [0.1, 0.15) is 0 Å². The van der Waals surface area contributed by atoms with Crippen molar-refractivity contribution < 1.29 is 16.8 Å². The Morgan fingerprint density at radius 2 is 1.71 bits per heavy atom. The maximum atomic E-state index is 11.8. The van der Waals surface area contributed by atoms with Crippen molar-refractivity contribution in [3.8, 4) is 0 Å². The summed E-state index contributed by atoms with van der Waals surface area (Å²) in [6.45, 7) is 0. The Labute approximate surface area is 101 Å². The summed E-state index contributed by atoms with van der Waals surface area (Å²) in [7, 11) is -4.16. The van der Waals surface area contributed by atoms with Crippen LogP contribution in [0.15, 0.2) is 29.2 Å². The van der Waals surface area contributed by atoms with Gasteiger partial charge in [0.2, 0.25) is 20.0 Å². The Morgan fingerprint density at radius 1 is 1.12 bits per heavy atom. The largest absolute Gasteiger partial charge is 0.284 e. The zero-order chi connectivity index (χ0) is 13.3. The summed E-state index contributed by atoms with van der Waals surface area (Å²) >= 11 is 0. The zero-order valence-electron chi connectivity index (χ0n) is 9.71. The minimum atomic E-state index is -3.56. The van der Waals surface area contributed by atoms with Crippen molar-refractivity contribution in [2.45, 2.75) is 4.90 Å². The second-order valence-electron chi connectivity index (χ2n) is 3.69. The quantitative estimate of drug-likeness (QED) is 0.859.